The molecule has 0 radical (unpaired) electrons. The van der Waals surface area contributed by atoms with Crippen LogP contribution in [0.1, 0.15) is 29.8 Å². The first-order chi connectivity index (χ1) is 7.54. The summed E-state index contributed by atoms with van der Waals surface area (Å²) in [4.78, 5) is 0. The maximum atomic E-state index is 12.7. The third-order valence-electron chi connectivity index (χ3n) is 2.77. The summed E-state index contributed by atoms with van der Waals surface area (Å²) < 4.78 is 39.4. The highest BCUT2D eigenvalue weighted by Crippen LogP contribution is 2.35. The van der Waals surface area contributed by atoms with Crippen molar-refractivity contribution in [3.63, 3.8) is 0 Å². The van der Waals surface area contributed by atoms with E-state index in [4.69, 9.17) is 6.42 Å². The fraction of sp³-hybridized carbons (Fsp3) is 0.545. The lowest BCUT2D eigenvalue weighted by atomic mass is 9.95. The van der Waals surface area contributed by atoms with Crippen molar-refractivity contribution in [3.05, 3.63) is 17.0 Å². The standard InChI is InChI=1S/C11H11F3N2/c1-2-7-16-9-6-4-3-5-8(9)10(15-16)11(12,13)14/h1H,3-7H2. The van der Waals surface area contributed by atoms with Gasteiger partial charge >= 0.3 is 6.18 Å². The second kappa shape index (κ2) is 3.85. The van der Waals surface area contributed by atoms with Gasteiger partial charge in [0.2, 0.25) is 0 Å². The Morgan fingerprint density at radius 1 is 1.31 bits per heavy atom. The third kappa shape index (κ3) is 1.80. The second-order valence-corrected chi connectivity index (χ2v) is 3.84. The van der Waals surface area contributed by atoms with E-state index in [2.05, 4.69) is 11.0 Å². The number of aromatic nitrogens is 2. The van der Waals surface area contributed by atoms with Gasteiger partial charge in [0.1, 0.15) is 6.54 Å². The lowest BCUT2D eigenvalue weighted by Gasteiger charge is -2.13. The number of terminal acetylenes is 1. The highest BCUT2D eigenvalue weighted by Gasteiger charge is 2.39. The quantitative estimate of drug-likeness (QED) is 0.675. The SMILES string of the molecule is C#CCn1nc(C(F)(F)F)c2c1CCCC2. The molecule has 5 heteroatoms. The number of fused-ring (bicyclic) bond motifs is 1. The van der Waals surface area contributed by atoms with Crippen molar-refractivity contribution in [2.75, 3.05) is 0 Å². The fourth-order valence-electron chi connectivity index (χ4n) is 2.12. The monoisotopic (exact) mass is 228 g/mol. The maximum absolute atomic E-state index is 12.7. The van der Waals surface area contributed by atoms with E-state index in [-0.39, 0.29) is 6.54 Å². The summed E-state index contributed by atoms with van der Waals surface area (Å²) in [5, 5.41) is 3.60. The van der Waals surface area contributed by atoms with Crippen molar-refractivity contribution in [3.8, 4) is 12.3 Å². The van der Waals surface area contributed by atoms with E-state index in [1.165, 1.54) is 4.68 Å². The zero-order valence-corrected chi connectivity index (χ0v) is 8.64. The van der Waals surface area contributed by atoms with Gasteiger partial charge in [0.15, 0.2) is 5.69 Å². The Balaban J connectivity index is 2.51. The molecule has 86 valence electrons. The van der Waals surface area contributed by atoms with Crippen molar-refractivity contribution in [1.29, 1.82) is 0 Å². The zero-order chi connectivity index (χ0) is 11.8. The number of alkyl halides is 3. The van der Waals surface area contributed by atoms with Crippen LogP contribution in [0.5, 0.6) is 0 Å². The molecule has 0 aromatic carbocycles. The van der Waals surface area contributed by atoms with Crippen molar-refractivity contribution in [1.82, 2.24) is 9.78 Å². The van der Waals surface area contributed by atoms with Crippen molar-refractivity contribution < 1.29 is 13.2 Å². The Kier molecular flexibility index (Phi) is 2.66. The molecule has 2 nitrogen and oxygen atoms in total. The van der Waals surface area contributed by atoms with Gasteiger partial charge in [0.25, 0.3) is 0 Å². The van der Waals surface area contributed by atoms with Crippen LogP contribution in [-0.4, -0.2) is 9.78 Å². The minimum atomic E-state index is -4.37. The summed E-state index contributed by atoms with van der Waals surface area (Å²) in [5.74, 6) is 2.33. The van der Waals surface area contributed by atoms with Crippen LogP contribution in [0.2, 0.25) is 0 Å². The van der Waals surface area contributed by atoms with E-state index < -0.39 is 11.9 Å². The van der Waals surface area contributed by atoms with Gasteiger partial charge in [-0.3, -0.25) is 4.68 Å². The maximum Gasteiger partial charge on any atom is 0.435 e. The average molecular weight is 228 g/mol. The Labute approximate surface area is 91.4 Å². The molecule has 2 rings (SSSR count). The molecule has 0 amide bonds. The molecule has 1 aliphatic carbocycles. The number of hydrogen-bond acceptors (Lipinski definition) is 1. The van der Waals surface area contributed by atoms with Crippen LogP contribution in [0.25, 0.3) is 0 Å². The summed E-state index contributed by atoms with van der Waals surface area (Å²) in [7, 11) is 0. The lowest BCUT2D eigenvalue weighted by Crippen LogP contribution is -2.11. The van der Waals surface area contributed by atoms with Crippen LogP contribution in [0.4, 0.5) is 13.2 Å². The van der Waals surface area contributed by atoms with Gasteiger partial charge in [-0.25, -0.2) is 0 Å². The molecule has 1 heterocycles. The highest BCUT2D eigenvalue weighted by molar-refractivity contribution is 5.31. The molecule has 0 fully saturated rings. The predicted octanol–water partition coefficient (Wildman–Crippen LogP) is 2.41. The van der Waals surface area contributed by atoms with E-state index >= 15 is 0 Å². The molecule has 0 saturated heterocycles. The number of rotatable bonds is 1. The Morgan fingerprint density at radius 3 is 2.62 bits per heavy atom. The van der Waals surface area contributed by atoms with Crippen molar-refractivity contribution >= 4 is 0 Å². The van der Waals surface area contributed by atoms with Crippen molar-refractivity contribution in [2.24, 2.45) is 0 Å². The second-order valence-electron chi connectivity index (χ2n) is 3.84. The first kappa shape index (κ1) is 11.1. The van der Waals surface area contributed by atoms with Crippen LogP contribution in [0, 0.1) is 12.3 Å². The van der Waals surface area contributed by atoms with E-state index in [0.717, 1.165) is 12.8 Å². The minimum Gasteiger partial charge on any atom is -0.257 e. The number of nitrogens with zero attached hydrogens (tertiary/aromatic N) is 2. The molecular weight excluding hydrogens is 217 g/mol. The first-order valence-electron chi connectivity index (χ1n) is 5.13. The summed E-state index contributed by atoms with van der Waals surface area (Å²) in [6.07, 6.45) is 3.53. The minimum absolute atomic E-state index is 0.110. The summed E-state index contributed by atoms with van der Waals surface area (Å²) >= 11 is 0. The predicted molar refractivity (Wildman–Crippen MR) is 52.7 cm³/mol. The van der Waals surface area contributed by atoms with E-state index in [0.29, 0.717) is 24.1 Å². The summed E-state index contributed by atoms with van der Waals surface area (Å²) in [5.41, 5.74) is 0.253. The molecule has 0 bridgehead atoms. The molecule has 0 N–H and O–H groups in total. The average Bonchev–Trinajstić information content (AvgIpc) is 2.58. The number of halogens is 3. The van der Waals surface area contributed by atoms with Gasteiger partial charge in [-0.15, -0.1) is 6.42 Å². The Bertz CT molecular complexity index is 437. The van der Waals surface area contributed by atoms with Crippen LogP contribution in [0.3, 0.4) is 0 Å². The normalized spacial score (nSPS) is 15.6. The largest absolute Gasteiger partial charge is 0.435 e. The van der Waals surface area contributed by atoms with Crippen LogP contribution in [0.15, 0.2) is 0 Å². The van der Waals surface area contributed by atoms with E-state index in [1.54, 1.807) is 0 Å². The summed E-state index contributed by atoms with van der Waals surface area (Å²) in [6, 6.07) is 0. The highest BCUT2D eigenvalue weighted by atomic mass is 19.4. The molecule has 1 aromatic rings. The summed E-state index contributed by atoms with van der Waals surface area (Å²) in [6.45, 7) is 0.110. The molecule has 16 heavy (non-hydrogen) atoms. The van der Waals surface area contributed by atoms with Gasteiger partial charge in [-0.05, 0) is 25.7 Å². The van der Waals surface area contributed by atoms with Gasteiger partial charge in [0.05, 0.1) is 0 Å². The molecular formula is C11H11F3N2. The third-order valence-corrected chi connectivity index (χ3v) is 2.77. The van der Waals surface area contributed by atoms with Gasteiger partial charge in [0, 0.05) is 11.3 Å². The molecule has 0 unspecified atom stereocenters. The molecule has 0 saturated carbocycles. The van der Waals surface area contributed by atoms with Crippen LogP contribution >= 0.6 is 0 Å². The lowest BCUT2D eigenvalue weighted by molar-refractivity contribution is -0.142. The van der Waals surface area contributed by atoms with Gasteiger partial charge < -0.3 is 0 Å². The fourth-order valence-corrected chi connectivity index (χ4v) is 2.12. The van der Waals surface area contributed by atoms with E-state index in [1.807, 2.05) is 0 Å². The Morgan fingerprint density at radius 2 is 2.00 bits per heavy atom. The zero-order valence-electron chi connectivity index (χ0n) is 8.64. The van der Waals surface area contributed by atoms with E-state index in [9.17, 15) is 13.2 Å². The van der Waals surface area contributed by atoms with Gasteiger partial charge in [-0.1, -0.05) is 5.92 Å². The smallest absolute Gasteiger partial charge is 0.257 e. The molecule has 0 aliphatic heterocycles. The van der Waals surface area contributed by atoms with Gasteiger partial charge in [-0.2, -0.15) is 18.3 Å². The molecule has 1 aromatic heterocycles. The van der Waals surface area contributed by atoms with Crippen LogP contribution in [-0.2, 0) is 25.6 Å². The number of hydrogen-bond donors (Lipinski definition) is 0. The Hall–Kier alpha value is -1.44. The topological polar surface area (TPSA) is 17.8 Å². The molecule has 0 spiro atoms. The molecule has 0 atom stereocenters. The molecule has 1 aliphatic rings. The van der Waals surface area contributed by atoms with Crippen LogP contribution < -0.4 is 0 Å². The van der Waals surface area contributed by atoms with Crippen molar-refractivity contribution in [2.45, 2.75) is 38.4 Å². The first-order valence-corrected chi connectivity index (χ1v) is 5.13.